The Balaban J connectivity index is 2.97. The van der Waals surface area contributed by atoms with Crippen molar-refractivity contribution in [2.24, 2.45) is 0 Å². The average Bonchev–Trinajstić information content (AvgIpc) is 2.29. The molecule has 0 saturated heterocycles. The van der Waals surface area contributed by atoms with Crippen LogP contribution in [-0.4, -0.2) is 15.2 Å². The summed E-state index contributed by atoms with van der Waals surface area (Å²) in [5, 5.41) is 19.4. The molecule has 1 aromatic heterocycles. The molecule has 1 heterocycles. The molecule has 0 aliphatic heterocycles. The summed E-state index contributed by atoms with van der Waals surface area (Å²) in [6.45, 7) is 1.76. The highest BCUT2D eigenvalue weighted by Crippen LogP contribution is 2.34. The fraction of sp³-hybridized carbons (Fsp3) is 0.111. The molecule has 0 spiro atoms. The zero-order chi connectivity index (χ0) is 8.72. The van der Waals surface area contributed by atoms with E-state index < -0.39 is 0 Å². The molecule has 12 heavy (non-hydrogen) atoms. The molecule has 62 valence electrons. The molecule has 3 nitrogen and oxygen atoms in total. The minimum Gasteiger partial charge on any atom is -0.507 e. The van der Waals surface area contributed by atoms with Crippen molar-refractivity contribution >= 4 is 10.9 Å². The number of aromatic hydroxyl groups is 2. The molecule has 0 fully saturated rings. The predicted molar refractivity (Wildman–Crippen MR) is 46.4 cm³/mol. The van der Waals surface area contributed by atoms with Gasteiger partial charge in [0.1, 0.15) is 11.5 Å². The number of aromatic nitrogens is 1. The van der Waals surface area contributed by atoms with E-state index in [1.54, 1.807) is 19.1 Å². The van der Waals surface area contributed by atoms with Gasteiger partial charge in [0.05, 0.1) is 16.6 Å². The van der Waals surface area contributed by atoms with Crippen LogP contribution in [0.15, 0.2) is 18.2 Å². The van der Waals surface area contributed by atoms with Gasteiger partial charge in [-0.25, -0.2) is 0 Å². The Morgan fingerprint density at radius 1 is 1.25 bits per heavy atom. The van der Waals surface area contributed by atoms with E-state index in [4.69, 9.17) is 0 Å². The van der Waals surface area contributed by atoms with Crippen molar-refractivity contribution in [1.29, 1.82) is 0 Å². The monoisotopic (exact) mass is 163 g/mol. The summed E-state index contributed by atoms with van der Waals surface area (Å²) in [5.41, 5.74) is 1.43. The van der Waals surface area contributed by atoms with E-state index in [-0.39, 0.29) is 11.5 Å². The smallest absolute Gasteiger partial charge is 0.147 e. The standard InChI is InChI=1S/C9H9NO2/c1-5-9(12)8-6(10-5)3-2-4-7(8)11/h2-4,10-12H,1H3. The van der Waals surface area contributed by atoms with Gasteiger partial charge in [-0.15, -0.1) is 0 Å². The number of H-pyrrole nitrogens is 1. The van der Waals surface area contributed by atoms with Crippen molar-refractivity contribution in [2.45, 2.75) is 6.92 Å². The van der Waals surface area contributed by atoms with Gasteiger partial charge in [-0.05, 0) is 19.1 Å². The van der Waals surface area contributed by atoms with Gasteiger partial charge in [-0.1, -0.05) is 6.07 Å². The largest absolute Gasteiger partial charge is 0.507 e. The predicted octanol–water partition coefficient (Wildman–Crippen LogP) is 1.89. The number of aromatic amines is 1. The van der Waals surface area contributed by atoms with E-state index >= 15 is 0 Å². The van der Waals surface area contributed by atoms with Crippen LogP contribution in [0, 0.1) is 6.92 Å². The summed E-state index contributed by atoms with van der Waals surface area (Å²) in [7, 11) is 0. The molecule has 0 bridgehead atoms. The molecule has 1 aromatic carbocycles. The second-order valence-electron chi connectivity index (χ2n) is 2.80. The molecule has 0 amide bonds. The summed E-state index contributed by atoms with van der Waals surface area (Å²) >= 11 is 0. The van der Waals surface area contributed by atoms with Gasteiger partial charge >= 0.3 is 0 Å². The van der Waals surface area contributed by atoms with Crippen LogP contribution in [0.3, 0.4) is 0 Å². The number of phenols is 1. The van der Waals surface area contributed by atoms with Gasteiger partial charge in [0, 0.05) is 0 Å². The fourth-order valence-electron chi connectivity index (χ4n) is 1.34. The number of benzene rings is 1. The Hall–Kier alpha value is -1.64. The summed E-state index contributed by atoms with van der Waals surface area (Å²) in [6, 6.07) is 5.09. The first-order valence-electron chi connectivity index (χ1n) is 3.69. The molecular formula is C9H9NO2. The van der Waals surface area contributed by atoms with Gasteiger partial charge in [0.2, 0.25) is 0 Å². The van der Waals surface area contributed by atoms with Crippen molar-refractivity contribution in [3.63, 3.8) is 0 Å². The van der Waals surface area contributed by atoms with Crippen molar-refractivity contribution in [1.82, 2.24) is 4.98 Å². The highest BCUT2D eigenvalue weighted by Gasteiger charge is 2.09. The second kappa shape index (κ2) is 2.17. The summed E-state index contributed by atoms with van der Waals surface area (Å²) < 4.78 is 0. The highest BCUT2D eigenvalue weighted by atomic mass is 16.3. The topological polar surface area (TPSA) is 56.2 Å². The second-order valence-corrected chi connectivity index (χ2v) is 2.80. The Morgan fingerprint density at radius 3 is 2.67 bits per heavy atom. The third-order valence-corrected chi connectivity index (χ3v) is 1.96. The molecule has 0 saturated carbocycles. The molecule has 0 radical (unpaired) electrons. The van der Waals surface area contributed by atoms with Gasteiger partial charge in [-0.2, -0.15) is 0 Å². The number of aryl methyl sites for hydroxylation is 1. The number of hydrogen-bond donors (Lipinski definition) is 3. The Labute approximate surface area is 69.3 Å². The van der Waals surface area contributed by atoms with E-state index in [1.165, 1.54) is 0 Å². The van der Waals surface area contributed by atoms with Crippen LogP contribution in [0.25, 0.3) is 10.9 Å². The van der Waals surface area contributed by atoms with E-state index in [0.29, 0.717) is 11.1 Å². The minimum absolute atomic E-state index is 0.106. The fourth-order valence-corrected chi connectivity index (χ4v) is 1.34. The van der Waals surface area contributed by atoms with E-state index in [2.05, 4.69) is 4.98 Å². The third kappa shape index (κ3) is 0.763. The summed E-state index contributed by atoms with van der Waals surface area (Å²) in [6.07, 6.45) is 0. The van der Waals surface area contributed by atoms with E-state index in [0.717, 1.165) is 5.52 Å². The van der Waals surface area contributed by atoms with Crippen LogP contribution in [0.4, 0.5) is 0 Å². The number of nitrogens with one attached hydrogen (secondary N) is 1. The van der Waals surface area contributed by atoms with E-state index in [1.807, 2.05) is 6.07 Å². The van der Waals surface area contributed by atoms with Crippen LogP contribution in [0.5, 0.6) is 11.5 Å². The molecular weight excluding hydrogens is 154 g/mol. The Kier molecular flexibility index (Phi) is 1.27. The first kappa shape index (κ1) is 7.03. The zero-order valence-corrected chi connectivity index (χ0v) is 6.63. The molecule has 3 N–H and O–H groups in total. The van der Waals surface area contributed by atoms with Crippen molar-refractivity contribution in [3.8, 4) is 11.5 Å². The lowest BCUT2D eigenvalue weighted by Crippen LogP contribution is -1.67. The zero-order valence-electron chi connectivity index (χ0n) is 6.63. The van der Waals surface area contributed by atoms with Crippen LogP contribution >= 0.6 is 0 Å². The lowest BCUT2D eigenvalue weighted by Gasteiger charge is -1.93. The number of fused-ring (bicyclic) bond motifs is 1. The molecule has 3 heteroatoms. The van der Waals surface area contributed by atoms with Crippen LogP contribution < -0.4 is 0 Å². The van der Waals surface area contributed by atoms with Crippen molar-refractivity contribution in [3.05, 3.63) is 23.9 Å². The summed E-state index contributed by atoms with van der Waals surface area (Å²) in [4.78, 5) is 2.96. The SMILES string of the molecule is Cc1[nH]c2cccc(O)c2c1O. The van der Waals surface area contributed by atoms with E-state index in [9.17, 15) is 10.2 Å². The lowest BCUT2D eigenvalue weighted by molar-refractivity contribution is 0.462. The molecule has 0 aliphatic carbocycles. The maximum atomic E-state index is 9.49. The first-order valence-corrected chi connectivity index (χ1v) is 3.69. The molecule has 0 aliphatic rings. The maximum Gasteiger partial charge on any atom is 0.147 e. The van der Waals surface area contributed by atoms with Crippen molar-refractivity contribution < 1.29 is 10.2 Å². The van der Waals surface area contributed by atoms with Crippen LogP contribution in [0.2, 0.25) is 0 Å². The number of phenolic OH excluding ortho intramolecular Hbond substituents is 1. The highest BCUT2D eigenvalue weighted by molar-refractivity contribution is 5.92. The molecule has 2 rings (SSSR count). The van der Waals surface area contributed by atoms with Gasteiger partial charge < -0.3 is 15.2 Å². The minimum atomic E-state index is 0.106. The normalized spacial score (nSPS) is 10.8. The first-order chi connectivity index (χ1) is 5.70. The third-order valence-electron chi connectivity index (χ3n) is 1.96. The van der Waals surface area contributed by atoms with Crippen LogP contribution in [-0.2, 0) is 0 Å². The summed E-state index contributed by atoms with van der Waals surface area (Å²) in [5.74, 6) is 0.234. The molecule has 0 unspecified atom stereocenters. The lowest BCUT2D eigenvalue weighted by atomic mass is 10.2. The molecule has 2 aromatic rings. The number of rotatable bonds is 0. The number of hydrogen-bond acceptors (Lipinski definition) is 2. The Bertz CT molecular complexity index is 431. The maximum absolute atomic E-state index is 9.49. The average molecular weight is 163 g/mol. The van der Waals surface area contributed by atoms with Crippen LogP contribution in [0.1, 0.15) is 5.69 Å². The molecule has 0 atom stereocenters. The van der Waals surface area contributed by atoms with Gasteiger partial charge in [-0.3, -0.25) is 0 Å². The Morgan fingerprint density at radius 2 is 2.00 bits per heavy atom. The van der Waals surface area contributed by atoms with Crippen molar-refractivity contribution in [2.75, 3.05) is 0 Å². The van der Waals surface area contributed by atoms with Gasteiger partial charge in [0.15, 0.2) is 0 Å². The quantitative estimate of drug-likeness (QED) is 0.555. The van der Waals surface area contributed by atoms with Gasteiger partial charge in [0.25, 0.3) is 0 Å².